The van der Waals surface area contributed by atoms with Crippen LogP contribution in [0.3, 0.4) is 0 Å². The van der Waals surface area contributed by atoms with Crippen LogP contribution in [0.2, 0.25) is 0 Å². The number of aliphatic hydroxyl groups excluding tert-OH is 1. The molecule has 0 saturated carbocycles. The number of nitrogens with zero attached hydrogens (tertiary/aromatic N) is 1. The summed E-state index contributed by atoms with van der Waals surface area (Å²) in [5, 5.41) is 19.7. The van der Waals surface area contributed by atoms with Crippen LogP contribution >= 0.6 is 0 Å². The molecule has 0 spiro atoms. The molecule has 0 aromatic heterocycles. The summed E-state index contributed by atoms with van der Waals surface area (Å²) in [6.45, 7) is -0.111. The first-order chi connectivity index (χ1) is 10.0. The minimum Gasteiger partial charge on any atom is -0.490 e. The zero-order valence-corrected chi connectivity index (χ0v) is 11.1. The summed E-state index contributed by atoms with van der Waals surface area (Å²) < 4.78 is 24.0. The summed E-state index contributed by atoms with van der Waals surface area (Å²) in [5.41, 5.74) is 0.210. The van der Waals surface area contributed by atoms with Crippen LogP contribution in [0.1, 0.15) is 5.56 Å². The number of halogens is 1. The summed E-state index contributed by atoms with van der Waals surface area (Å²) in [6, 6.07) is 8.22. The Morgan fingerprint density at radius 1 is 1.24 bits per heavy atom. The summed E-state index contributed by atoms with van der Waals surface area (Å²) in [5.74, 6) is -0.812. The smallest absolute Gasteiger partial charge is 0.314 e. The van der Waals surface area contributed by atoms with E-state index in [1.807, 2.05) is 0 Å². The molecule has 1 N–H and O–H groups in total. The molecule has 0 aliphatic carbocycles. The molecule has 7 heteroatoms. The Labute approximate surface area is 119 Å². The zero-order valence-electron chi connectivity index (χ0n) is 11.1. The van der Waals surface area contributed by atoms with E-state index in [-0.39, 0.29) is 18.1 Å². The highest BCUT2D eigenvalue weighted by Crippen LogP contribution is 2.35. The Morgan fingerprint density at radius 3 is 2.43 bits per heavy atom. The van der Waals surface area contributed by atoms with E-state index in [2.05, 4.69) is 0 Å². The maximum absolute atomic E-state index is 13.8. The van der Waals surface area contributed by atoms with Crippen molar-refractivity contribution in [1.82, 2.24) is 0 Å². The van der Waals surface area contributed by atoms with Gasteiger partial charge in [0.15, 0.2) is 11.6 Å². The first-order valence-corrected chi connectivity index (χ1v) is 5.94. The van der Waals surface area contributed by atoms with Gasteiger partial charge in [-0.1, -0.05) is 12.1 Å². The van der Waals surface area contributed by atoms with Crippen molar-refractivity contribution in [2.24, 2.45) is 0 Å². The molecule has 0 amide bonds. The van der Waals surface area contributed by atoms with Gasteiger partial charge in [-0.2, -0.15) is 0 Å². The van der Waals surface area contributed by atoms with Gasteiger partial charge in [0, 0.05) is 6.07 Å². The van der Waals surface area contributed by atoms with E-state index >= 15 is 0 Å². The molecule has 0 bridgehead atoms. The molecule has 2 rings (SSSR count). The van der Waals surface area contributed by atoms with E-state index in [4.69, 9.17) is 14.6 Å². The van der Waals surface area contributed by atoms with Gasteiger partial charge in [0.05, 0.1) is 24.7 Å². The first kappa shape index (κ1) is 14.7. The van der Waals surface area contributed by atoms with Gasteiger partial charge in [-0.25, -0.2) is 4.39 Å². The Morgan fingerprint density at radius 2 is 1.90 bits per heavy atom. The molecule has 0 saturated heterocycles. The van der Waals surface area contributed by atoms with E-state index in [0.717, 1.165) is 12.1 Å². The first-order valence-electron chi connectivity index (χ1n) is 5.94. The molecule has 21 heavy (non-hydrogen) atoms. The second-order valence-electron chi connectivity index (χ2n) is 4.12. The van der Waals surface area contributed by atoms with Gasteiger partial charge in [0.1, 0.15) is 5.75 Å². The molecule has 0 aliphatic heterocycles. The van der Waals surface area contributed by atoms with Crippen molar-refractivity contribution in [1.29, 1.82) is 0 Å². The van der Waals surface area contributed by atoms with Crippen LogP contribution in [-0.2, 0) is 6.61 Å². The number of benzene rings is 2. The molecule has 110 valence electrons. The van der Waals surface area contributed by atoms with Crippen molar-refractivity contribution in [3.05, 3.63) is 57.9 Å². The van der Waals surface area contributed by atoms with E-state index in [1.165, 1.54) is 7.11 Å². The monoisotopic (exact) mass is 293 g/mol. The SMILES string of the molecule is COc1cc(Oc2ccc(CO)cc2)c(F)cc1[N+](=O)[O-]. The molecule has 0 atom stereocenters. The lowest BCUT2D eigenvalue weighted by molar-refractivity contribution is -0.386. The topological polar surface area (TPSA) is 81.8 Å². The van der Waals surface area contributed by atoms with E-state index in [9.17, 15) is 14.5 Å². The fraction of sp³-hybridized carbons (Fsp3) is 0.143. The van der Waals surface area contributed by atoms with Crippen LogP contribution in [0.4, 0.5) is 10.1 Å². The third kappa shape index (κ3) is 3.26. The largest absolute Gasteiger partial charge is 0.490 e. The Hall–Kier alpha value is -2.67. The van der Waals surface area contributed by atoms with Crippen LogP contribution in [0.5, 0.6) is 17.2 Å². The number of hydrogen-bond donors (Lipinski definition) is 1. The number of methoxy groups -OCH3 is 1. The van der Waals surface area contributed by atoms with E-state index in [0.29, 0.717) is 11.3 Å². The highest BCUT2D eigenvalue weighted by atomic mass is 19.1. The van der Waals surface area contributed by atoms with Crippen molar-refractivity contribution in [3.8, 4) is 17.2 Å². The second kappa shape index (κ2) is 6.19. The lowest BCUT2D eigenvalue weighted by Crippen LogP contribution is -1.97. The number of nitro groups is 1. The zero-order chi connectivity index (χ0) is 15.4. The van der Waals surface area contributed by atoms with Gasteiger partial charge >= 0.3 is 5.69 Å². The normalized spacial score (nSPS) is 10.2. The molecule has 0 radical (unpaired) electrons. The van der Waals surface area contributed by atoms with Crippen molar-refractivity contribution in [2.45, 2.75) is 6.61 Å². The number of nitro benzene ring substituents is 1. The quantitative estimate of drug-likeness (QED) is 0.677. The maximum atomic E-state index is 13.8. The third-order valence-corrected chi connectivity index (χ3v) is 2.76. The predicted octanol–water partition coefficient (Wildman–Crippen LogP) is 3.03. The van der Waals surface area contributed by atoms with Crippen LogP contribution in [0.15, 0.2) is 36.4 Å². The summed E-state index contributed by atoms with van der Waals surface area (Å²) in [6.07, 6.45) is 0. The number of aliphatic hydroxyl groups is 1. The van der Waals surface area contributed by atoms with Crippen LogP contribution in [0.25, 0.3) is 0 Å². The summed E-state index contributed by atoms with van der Waals surface area (Å²) in [4.78, 5) is 10.0. The van der Waals surface area contributed by atoms with Crippen molar-refractivity contribution < 1.29 is 23.9 Å². The standard InChI is InChI=1S/C14H12FNO5/c1-20-14-7-13(11(15)6-12(14)16(18)19)21-10-4-2-9(8-17)3-5-10/h2-7,17H,8H2,1H3. The third-order valence-electron chi connectivity index (χ3n) is 2.76. The van der Waals surface area contributed by atoms with Crippen molar-refractivity contribution in [2.75, 3.05) is 7.11 Å². The average Bonchev–Trinajstić information content (AvgIpc) is 2.49. The highest BCUT2D eigenvalue weighted by molar-refractivity contribution is 5.52. The molecule has 2 aromatic rings. The van der Waals surface area contributed by atoms with E-state index in [1.54, 1.807) is 24.3 Å². The van der Waals surface area contributed by atoms with Crippen molar-refractivity contribution >= 4 is 5.69 Å². The van der Waals surface area contributed by atoms with Crippen LogP contribution in [0, 0.1) is 15.9 Å². The van der Waals surface area contributed by atoms with E-state index < -0.39 is 16.4 Å². The van der Waals surface area contributed by atoms with Crippen LogP contribution in [-0.4, -0.2) is 17.1 Å². The Balaban J connectivity index is 2.32. The molecule has 0 heterocycles. The van der Waals surface area contributed by atoms with Crippen LogP contribution < -0.4 is 9.47 Å². The van der Waals surface area contributed by atoms with Gasteiger partial charge in [-0.15, -0.1) is 0 Å². The Bertz CT molecular complexity index is 657. The number of ether oxygens (including phenoxy) is 2. The highest BCUT2D eigenvalue weighted by Gasteiger charge is 2.20. The number of hydrogen-bond acceptors (Lipinski definition) is 5. The summed E-state index contributed by atoms with van der Waals surface area (Å²) >= 11 is 0. The van der Waals surface area contributed by atoms with Gasteiger partial charge in [0.2, 0.25) is 5.75 Å². The lowest BCUT2D eigenvalue weighted by Gasteiger charge is -2.09. The van der Waals surface area contributed by atoms with Gasteiger partial charge in [-0.3, -0.25) is 10.1 Å². The summed E-state index contributed by atoms with van der Waals surface area (Å²) in [7, 11) is 1.25. The molecule has 0 unspecified atom stereocenters. The van der Waals surface area contributed by atoms with Gasteiger partial charge in [0.25, 0.3) is 0 Å². The fourth-order valence-corrected chi connectivity index (χ4v) is 1.70. The minimum atomic E-state index is -0.867. The Kier molecular flexibility index (Phi) is 4.34. The number of rotatable bonds is 5. The second-order valence-corrected chi connectivity index (χ2v) is 4.12. The van der Waals surface area contributed by atoms with Gasteiger partial charge in [-0.05, 0) is 17.7 Å². The minimum absolute atomic E-state index is 0.0941. The average molecular weight is 293 g/mol. The predicted molar refractivity (Wildman–Crippen MR) is 72.0 cm³/mol. The fourth-order valence-electron chi connectivity index (χ4n) is 1.70. The molecular weight excluding hydrogens is 281 g/mol. The molecule has 0 aliphatic rings. The molecule has 0 fully saturated rings. The maximum Gasteiger partial charge on any atom is 0.314 e. The lowest BCUT2D eigenvalue weighted by atomic mass is 10.2. The van der Waals surface area contributed by atoms with Crippen molar-refractivity contribution in [3.63, 3.8) is 0 Å². The van der Waals surface area contributed by atoms with Gasteiger partial charge < -0.3 is 14.6 Å². The molecule has 6 nitrogen and oxygen atoms in total. The molecule has 2 aromatic carbocycles. The molecular formula is C14H12FNO5.